The van der Waals surface area contributed by atoms with E-state index in [1.54, 1.807) is 33.5 Å². The van der Waals surface area contributed by atoms with E-state index in [-0.39, 0.29) is 11.9 Å². The first-order valence-corrected chi connectivity index (χ1v) is 11.8. The summed E-state index contributed by atoms with van der Waals surface area (Å²) in [5.74, 6) is 1.74. The first kappa shape index (κ1) is 27.4. The van der Waals surface area contributed by atoms with E-state index in [9.17, 15) is 10.0 Å². The van der Waals surface area contributed by atoms with Crippen molar-refractivity contribution >= 4 is 18.1 Å². The second-order valence-electron chi connectivity index (χ2n) is 10.2. The van der Waals surface area contributed by atoms with Crippen LogP contribution < -0.4 is 23.7 Å². The van der Waals surface area contributed by atoms with Gasteiger partial charge in [0.1, 0.15) is 0 Å². The second kappa shape index (κ2) is 10.8. The number of esters is 1. The third kappa shape index (κ3) is 5.77. The topological polar surface area (TPSA) is 86.7 Å². The third-order valence-electron chi connectivity index (χ3n) is 6.53. The van der Waals surface area contributed by atoms with Crippen LogP contribution in [-0.2, 0) is 4.79 Å². The van der Waals surface area contributed by atoms with Gasteiger partial charge in [-0.15, -0.1) is 0 Å². The molecule has 0 atom stereocenters. The maximum absolute atomic E-state index is 13.2. The molecule has 1 aliphatic heterocycles. The summed E-state index contributed by atoms with van der Waals surface area (Å²) in [5.41, 5.74) is 0.554. The van der Waals surface area contributed by atoms with Gasteiger partial charge >= 0.3 is 5.97 Å². The van der Waals surface area contributed by atoms with Gasteiger partial charge in [0.15, 0.2) is 23.0 Å². The van der Waals surface area contributed by atoms with Crippen molar-refractivity contribution in [3.05, 3.63) is 41.5 Å². The molecule has 0 radical (unpaired) electrons. The molecule has 0 aliphatic carbocycles. The number of rotatable bonds is 8. The Balaban J connectivity index is 1.85. The van der Waals surface area contributed by atoms with Crippen LogP contribution >= 0.6 is 0 Å². The summed E-state index contributed by atoms with van der Waals surface area (Å²) in [6, 6.07) is 9.10. The van der Waals surface area contributed by atoms with E-state index >= 15 is 0 Å². The molecule has 0 aromatic heterocycles. The zero-order chi connectivity index (χ0) is 26.7. The summed E-state index contributed by atoms with van der Waals surface area (Å²) >= 11 is 0. The van der Waals surface area contributed by atoms with Gasteiger partial charge in [0.05, 0.1) is 34.4 Å². The number of nitrogens with zero attached hydrogens (tertiary/aromatic N) is 1. The van der Waals surface area contributed by atoms with Crippen molar-refractivity contribution in [3.63, 3.8) is 0 Å². The fourth-order valence-electron chi connectivity index (χ4n) is 4.90. The molecule has 1 N–H and O–H groups in total. The van der Waals surface area contributed by atoms with E-state index in [2.05, 4.69) is 0 Å². The number of piperidine rings is 1. The Labute approximate surface area is 213 Å². The fourth-order valence-corrected chi connectivity index (χ4v) is 4.90. The van der Waals surface area contributed by atoms with Gasteiger partial charge in [-0.25, -0.2) is 0 Å². The summed E-state index contributed by atoms with van der Waals surface area (Å²) in [5, 5.41) is 11.9. The maximum atomic E-state index is 13.2. The SMILES string of the molecule is COc1ccc(/C=C\c2cc(OC)c(OC)c(OC)c2)cc1OC(=O)C1CC(C)(C)N(O)C(C)(C)C1. The molecular weight excluding hydrogens is 462 g/mol. The lowest BCUT2D eigenvalue weighted by Gasteiger charge is -2.50. The number of ether oxygens (including phenoxy) is 5. The highest BCUT2D eigenvalue weighted by molar-refractivity contribution is 5.78. The molecule has 36 heavy (non-hydrogen) atoms. The second-order valence-corrected chi connectivity index (χ2v) is 10.2. The van der Waals surface area contributed by atoms with Gasteiger partial charge in [0, 0.05) is 11.1 Å². The van der Waals surface area contributed by atoms with Gasteiger partial charge in [0.2, 0.25) is 5.75 Å². The predicted octanol–water partition coefficient (Wildman–Crippen LogP) is 5.46. The summed E-state index contributed by atoms with van der Waals surface area (Å²) < 4.78 is 27.5. The number of hydrogen-bond donors (Lipinski definition) is 1. The van der Waals surface area contributed by atoms with Crippen LogP contribution in [0.4, 0.5) is 0 Å². The summed E-state index contributed by atoms with van der Waals surface area (Å²) in [6.07, 6.45) is 4.76. The van der Waals surface area contributed by atoms with Crippen molar-refractivity contribution in [2.75, 3.05) is 28.4 Å². The molecule has 1 heterocycles. The van der Waals surface area contributed by atoms with Crippen molar-refractivity contribution in [2.24, 2.45) is 5.92 Å². The number of hydrogen-bond acceptors (Lipinski definition) is 8. The first-order chi connectivity index (χ1) is 16.9. The van der Waals surface area contributed by atoms with Gasteiger partial charge in [-0.3, -0.25) is 4.79 Å². The molecule has 0 saturated carbocycles. The summed E-state index contributed by atoms with van der Waals surface area (Å²) in [6.45, 7) is 7.68. The molecule has 8 nitrogen and oxygen atoms in total. The number of methoxy groups -OCH3 is 4. The van der Waals surface area contributed by atoms with Gasteiger partial charge < -0.3 is 28.9 Å². The van der Waals surface area contributed by atoms with E-state index < -0.39 is 11.1 Å². The lowest BCUT2D eigenvalue weighted by atomic mass is 9.75. The van der Waals surface area contributed by atoms with Crippen LogP contribution in [0.25, 0.3) is 12.2 Å². The lowest BCUT2D eigenvalue weighted by molar-refractivity contribution is -0.251. The zero-order valence-corrected chi connectivity index (χ0v) is 22.4. The third-order valence-corrected chi connectivity index (χ3v) is 6.53. The largest absolute Gasteiger partial charge is 0.493 e. The van der Waals surface area contributed by atoms with E-state index in [4.69, 9.17) is 23.7 Å². The molecule has 2 aromatic rings. The Kier molecular flexibility index (Phi) is 8.21. The van der Waals surface area contributed by atoms with Crippen molar-refractivity contribution < 1.29 is 33.7 Å². The minimum absolute atomic E-state index is 0.340. The molecule has 1 saturated heterocycles. The van der Waals surface area contributed by atoms with Crippen molar-refractivity contribution in [3.8, 4) is 28.7 Å². The van der Waals surface area contributed by atoms with E-state index in [0.29, 0.717) is 41.6 Å². The maximum Gasteiger partial charge on any atom is 0.314 e. The lowest BCUT2D eigenvalue weighted by Crippen LogP contribution is -2.60. The predicted molar refractivity (Wildman–Crippen MR) is 138 cm³/mol. The zero-order valence-electron chi connectivity index (χ0n) is 22.4. The standard InChI is InChI=1S/C28H37NO7/c1-27(2)16-20(17-28(3,4)29(27)31)26(30)36-22-13-18(11-12-21(22)32-5)9-10-19-14-23(33-6)25(35-8)24(15-19)34-7/h9-15,20,31H,16-17H2,1-8H3/b10-9-. The van der Waals surface area contributed by atoms with E-state index in [0.717, 1.165) is 11.1 Å². The highest BCUT2D eigenvalue weighted by Crippen LogP contribution is 2.41. The molecule has 3 rings (SSSR count). The average Bonchev–Trinajstić information content (AvgIpc) is 2.84. The number of hydroxylamine groups is 2. The van der Waals surface area contributed by atoms with Crippen LogP contribution in [0, 0.1) is 5.92 Å². The van der Waals surface area contributed by atoms with Gasteiger partial charge in [-0.1, -0.05) is 18.2 Å². The molecule has 0 spiro atoms. The molecule has 0 bridgehead atoms. The molecule has 8 heteroatoms. The Bertz CT molecular complexity index is 1080. The van der Waals surface area contributed by atoms with E-state index in [1.165, 1.54) is 12.2 Å². The molecule has 0 unspecified atom stereocenters. The molecule has 2 aromatic carbocycles. The van der Waals surface area contributed by atoms with Crippen LogP contribution in [0.5, 0.6) is 28.7 Å². The molecular formula is C28H37NO7. The molecule has 1 aliphatic rings. The van der Waals surface area contributed by atoms with Crippen molar-refractivity contribution in [2.45, 2.75) is 51.6 Å². The normalized spacial score (nSPS) is 17.6. The van der Waals surface area contributed by atoms with Crippen molar-refractivity contribution in [1.82, 2.24) is 5.06 Å². The molecule has 1 fully saturated rings. The highest BCUT2D eigenvalue weighted by Gasteiger charge is 2.47. The van der Waals surface area contributed by atoms with Crippen molar-refractivity contribution in [1.29, 1.82) is 0 Å². The van der Waals surface area contributed by atoms with Crippen LogP contribution in [0.2, 0.25) is 0 Å². The number of benzene rings is 2. The summed E-state index contributed by atoms with van der Waals surface area (Å²) in [4.78, 5) is 13.2. The quantitative estimate of drug-likeness (QED) is 0.291. The Morgan fingerprint density at radius 2 is 1.31 bits per heavy atom. The Morgan fingerprint density at radius 1 is 0.806 bits per heavy atom. The molecule has 196 valence electrons. The van der Waals surface area contributed by atoms with Crippen LogP contribution in [0.3, 0.4) is 0 Å². The summed E-state index contributed by atoms with van der Waals surface area (Å²) in [7, 11) is 6.24. The average molecular weight is 500 g/mol. The van der Waals surface area contributed by atoms with Crippen LogP contribution in [0.1, 0.15) is 51.7 Å². The Morgan fingerprint density at radius 3 is 1.81 bits per heavy atom. The van der Waals surface area contributed by atoms with Crippen LogP contribution in [-0.4, -0.2) is 55.8 Å². The number of carbonyl (C=O) groups is 1. The van der Waals surface area contributed by atoms with E-state index in [1.807, 2.05) is 58.0 Å². The monoisotopic (exact) mass is 499 g/mol. The minimum Gasteiger partial charge on any atom is -0.493 e. The number of carbonyl (C=O) groups excluding carboxylic acids is 1. The van der Waals surface area contributed by atoms with Gasteiger partial charge in [-0.05, 0) is 75.9 Å². The van der Waals surface area contributed by atoms with Gasteiger partial charge in [-0.2, -0.15) is 5.06 Å². The van der Waals surface area contributed by atoms with Gasteiger partial charge in [0.25, 0.3) is 0 Å². The molecule has 0 amide bonds. The highest BCUT2D eigenvalue weighted by atomic mass is 16.6. The minimum atomic E-state index is -0.555. The fraction of sp³-hybridized carbons (Fsp3) is 0.464. The smallest absolute Gasteiger partial charge is 0.314 e. The van der Waals surface area contributed by atoms with Crippen LogP contribution in [0.15, 0.2) is 30.3 Å². The Hall–Kier alpha value is -3.23. The first-order valence-electron chi connectivity index (χ1n) is 11.8.